The first-order chi connectivity index (χ1) is 35.7. The van der Waals surface area contributed by atoms with E-state index in [2.05, 4.69) is 234 Å². The average molecular weight is 925 g/mol. The Morgan fingerprint density at radius 3 is 0.625 bits per heavy atom. The molecule has 0 amide bonds. The molecule has 0 radical (unpaired) electrons. The maximum atomic E-state index is 4.38. The van der Waals surface area contributed by atoms with Crippen LogP contribution in [0.2, 0.25) is 0 Å². The summed E-state index contributed by atoms with van der Waals surface area (Å²) < 4.78 is 0. The lowest BCUT2D eigenvalue weighted by Gasteiger charge is -2.15. The van der Waals surface area contributed by atoms with Gasteiger partial charge in [0.15, 0.2) is 0 Å². The van der Waals surface area contributed by atoms with Crippen molar-refractivity contribution in [2.75, 3.05) is 0 Å². The smallest absolute Gasteiger partial charge is 0.0486 e. The monoisotopic (exact) mass is 924 g/mol. The minimum atomic E-state index is 0.956. The Morgan fingerprint density at radius 1 is 0.194 bits per heavy atom. The molecule has 0 saturated carbocycles. The molecular formula is C64H44N8. The van der Waals surface area contributed by atoms with Crippen molar-refractivity contribution in [2.24, 2.45) is 0 Å². The molecule has 0 fully saturated rings. The lowest BCUT2D eigenvalue weighted by atomic mass is 9.93. The molecule has 12 aromatic rings. The highest BCUT2D eigenvalue weighted by molar-refractivity contribution is 5.93. The van der Waals surface area contributed by atoms with Crippen LogP contribution in [0.4, 0.5) is 0 Å². The van der Waals surface area contributed by atoms with Crippen molar-refractivity contribution in [1.82, 2.24) is 39.9 Å². The van der Waals surface area contributed by atoms with Crippen LogP contribution in [0.25, 0.3) is 66.8 Å². The summed E-state index contributed by atoms with van der Waals surface area (Å²) in [6.07, 6.45) is 14.8. The van der Waals surface area contributed by atoms with Crippen LogP contribution in [0.5, 0.6) is 0 Å². The number of H-pyrrole nitrogens is 4. The third-order valence-electron chi connectivity index (χ3n) is 13.6. The largest absolute Gasteiger partial charge is 0.354 e. The van der Waals surface area contributed by atoms with Crippen LogP contribution in [0.3, 0.4) is 0 Å². The normalized spacial score (nSPS) is 12.3. The Hall–Kier alpha value is -9.92. The van der Waals surface area contributed by atoms with Gasteiger partial charge in [-0.3, -0.25) is 19.9 Å². The van der Waals surface area contributed by atoms with Crippen molar-refractivity contribution >= 4 is 22.3 Å². The van der Waals surface area contributed by atoms with Gasteiger partial charge in [0.25, 0.3) is 0 Å². The third kappa shape index (κ3) is 7.60. The maximum absolute atomic E-state index is 4.38. The molecule has 8 heteroatoms. The van der Waals surface area contributed by atoms with Crippen molar-refractivity contribution in [2.45, 2.75) is 0 Å². The van der Waals surface area contributed by atoms with Crippen molar-refractivity contribution in [3.05, 3.63) is 310 Å². The number of fused-ring (bicyclic) bond motifs is 8. The van der Waals surface area contributed by atoms with Crippen LogP contribution >= 0.6 is 0 Å². The molecule has 8 bridgehead atoms. The van der Waals surface area contributed by atoms with Crippen molar-refractivity contribution in [1.29, 1.82) is 0 Å². The van der Waals surface area contributed by atoms with E-state index >= 15 is 0 Å². The number of pyridine rings is 4. The van der Waals surface area contributed by atoms with Gasteiger partial charge in [0, 0.05) is 116 Å². The van der Waals surface area contributed by atoms with Crippen LogP contribution in [-0.4, -0.2) is 39.9 Å². The number of aromatic nitrogens is 8. The van der Waals surface area contributed by atoms with Gasteiger partial charge in [0.1, 0.15) is 0 Å². The maximum Gasteiger partial charge on any atom is 0.0486 e. The first kappa shape index (κ1) is 42.2. The summed E-state index contributed by atoms with van der Waals surface area (Å²) in [6, 6.07) is 68.8. The van der Waals surface area contributed by atoms with Gasteiger partial charge < -0.3 is 19.9 Å². The highest BCUT2D eigenvalue weighted by Gasteiger charge is 2.23. The van der Waals surface area contributed by atoms with E-state index < -0.39 is 0 Å². The summed E-state index contributed by atoms with van der Waals surface area (Å²) in [5, 5.41) is 3.82. The number of hydrogen-bond acceptors (Lipinski definition) is 4. The number of rotatable bonds is 8. The molecule has 72 heavy (non-hydrogen) atoms. The van der Waals surface area contributed by atoms with Gasteiger partial charge in [-0.05, 0) is 164 Å². The number of nitrogens with zero attached hydrogens (tertiary/aromatic N) is 4. The van der Waals surface area contributed by atoms with Crippen molar-refractivity contribution in [3.63, 3.8) is 0 Å². The molecule has 0 spiro atoms. The van der Waals surface area contributed by atoms with Gasteiger partial charge in [0.2, 0.25) is 0 Å². The predicted molar refractivity (Wildman–Crippen MR) is 287 cm³/mol. The molecule has 0 aliphatic carbocycles. The molecule has 9 heterocycles. The van der Waals surface area contributed by atoms with E-state index in [9.17, 15) is 0 Å². The van der Waals surface area contributed by atoms with E-state index in [4.69, 9.17) is 0 Å². The van der Waals surface area contributed by atoms with Crippen LogP contribution in [0.1, 0.15) is 45.0 Å². The molecule has 4 N–H and O–H groups in total. The van der Waals surface area contributed by atoms with E-state index in [1.165, 1.54) is 0 Å². The summed E-state index contributed by atoms with van der Waals surface area (Å²) in [6.45, 7) is 0. The first-order valence-electron chi connectivity index (χ1n) is 24.0. The highest BCUT2D eigenvalue weighted by Crippen LogP contribution is 2.37. The van der Waals surface area contributed by atoms with Crippen LogP contribution < -0.4 is 21.4 Å². The lowest BCUT2D eigenvalue weighted by molar-refractivity contribution is 1.19. The van der Waals surface area contributed by atoms with E-state index in [1.807, 2.05) is 49.6 Å². The van der Waals surface area contributed by atoms with Gasteiger partial charge in [-0.1, -0.05) is 97.1 Å². The van der Waals surface area contributed by atoms with Gasteiger partial charge in [-0.2, -0.15) is 0 Å². The Balaban J connectivity index is 1.18. The van der Waals surface area contributed by atoms with Crippen molar-refractivity contribution in [3.8, 4) is 44.5 Å². The number of hydrogen-bond donors (Lipinski definition) is 4. The van der Waals surface area contributed by atoms with Crippen LogP contribution in [0.15, 0.2) is 244 Å². The molecular weight excluding hydrogens is 881 g/mol. The van der Waals surface area contributed by atoms with Gasteiger partial charge >= 0.3 is 0 Å². The summed E-state index contributed by atoms with van der Waals surface area (Å²) in [5.41, 5.74) is 20.9. The van der Waals surface area contributed by atoms with E-state index in [1.54, 1.807) is 0 Å². The molecule has 8 nitrogen and oxygen atoms in total. The first-order valence-corrected chi connectivity index (χ1v) is 24.0. The lowest BCUT2D eigenvalue weighted by Crippen LogP contribution is -2.19. The summed E-state index contributed by atoms with van der Waals surface area (Å²) >= 11 is 0. The van der Waals surface area contributed by atoms with E-state index in [0.717, 1.165) is 133 Å². The summed E-state index contributed by atoms with van der Waals surface area (Å²) in [5.74, 6) is 0. The van der Waals surface area contributed by atoms with Crippen LogP contribution in [-0.2, 0) is 0 Å². The fourth-order valence-corrected chi connectivity index (χ4v) is 10.4. The van der Waals surface area contributed by atoms with Gasteiger partial charge in [-0.15, -0.1) is 0 Å². The second-order valence-electron chi connectivity index (χ2n) is 17.8. The average Bonchev–Trinajstić information content (AvgIpc) is 4.32. The topological polar surface area (TPSA) is 115 Å². The zero-order chi connectivity index (χ0) is 47.8. The number of benzene rings is 4. The summed E-state index contributed by atoms with van der Waals surface area (Å²) in [7, 11) is 0. The van der Waals surface area contributed by atoms with Gasteiger partial charge in [-0.25, -0.2) is 0 Å². The highest BCUT2D eigenvalue weighted by atomic mass is 14.8. The molecule has 1 aliphatic rings. The van der Waals surface area contributed by atoms with Gasteiger partial charge in [0.05, 0.1) is 0 Å². The molecule has 13 rings (SSSR count). The second kappa shape index (κ2) is 18.2. The molecule has 0 atom stereocenters. The molecule has 340 valence electrons. The van der Waals surface area contributed by atoms with E-state index in [0.29, 0.717) is 0 Å². The Bertz CT molecular complexity index is 3660. The molecule has 1 aliphatic heterocycles. The minimum Gasteiger partial charge on any atom is -0.354 e. The number of nitrogens with one attached hydrogen (secondary N) is 4. The molecule has 0 saturated heterocycles. The fourth-order valence-electron chi connectivity index (χ4n) is 10.4. The molecule has 8 aromatic heterocycles. The third-order valence-corrected chi connectivity index (χ3v) is 13.6. The molecule has 0 unspecified atom stereocenters. The fraction of sp³-hybridized carbons (Fsp3) is 0. The van der Waals surface area contributed by atoms with E-state index in [-0.39, 0.29) is 0 Å². The summed E-state index contributed by atoms with van der Waals surface area (Å²) in [4.78, 5) is 33.6. The Labute approximate surface area is 414 Å². The van der Waals surface area contributed by atoms with Crippen LogP contribution in [0, 0.1) is 0 Å². The van der Waals surface area contributed by atoms with Crippen molar-refractivity contribution < 1.29 is 0 Å². The quantitative estimate of drug-likeness (QED) is 0.122. The molecule has 4 aromatic carbocycles. The Morgan fingerprint density at radius 2 is 0.403 bits per heavy atom. The second-order valence-corrected chi connectivity index (χ2v) is 17.8. The zero-order valence-corrected chi connectivity index (χ0v) is 38.9. The Kier molecular flexibility index (Phi) is 10.7. The SMILES string of the molecule is c1ccc(-c2ccncc2)c(C2=c3ccc([nH]3)=C(c3ccccc3-c3ccncc3)c3ccc([nH]3)C(c3ccccc3-c3ccncc3)=c3ccc([nH]3)=C(c3ccccc3-c3ccncc3)c3ccc2[nH]3)c1. The standard InChI is InChI=1S/C64H44N8/c1-5-13-49(45(9-1)41-25-33-65-34-26-41)61-53-17-19-55(69-53)62(50-14-6-2-10-46(50)42-27-35-66-36-28-42)57-21-23-59(71-57)64(52-16-8-4-12-48(52)44-31-39-68-40-32-44)60-24-22-58(72-60)63(56-20-18-54(61)70-56)51-15-7-3-11-47(51)43-29-37-67-38-30-43/h1-40,69-72H. The predicted octanol–water partition coefficient (Wildman–Crippen LogP) is 10.5. The minimum absolute atomic E-state index is 0.956. The number of aromatic amines is 4. The zero-order valence-electron chi connectivity index (χ0n) is 38.9.